The van der Waals surface area contributed by atoms with Crippen molar-refractivity contribution in [3.05, 3.63) is 36.5 Å². The zero-order valence-corrected chi connectivity index (χ0v) is 50.7. The lowest BCUT2D eigenvalue weighted by molar-refractivity contribution is -0.303. The van der Waals surface area contributed by atoms with Crippen molar-refractivity contribution in [2.45, 2.75) is 371 Å². The van der Waals surface area contributed by atoms with Gasteiger partial charge in [0.1, 0.15) is 36.6 Å². The number of rotatable bonds is 58. The molecule has 0 aromatic carbocycles. The number of aliphatic hydroxyl groups excluding tert-OH is 7. The third-order valence-corrected chi connectivity index (χ3v) is 16.2. The smallest absolute Gasteiger partial charge is 0.249 e. The Hall–Kier alpha value is -1.67. The first-order chi connectivity index (χ1) is 38.2. The van der Waals surface area contributed by atoms with Gasteiger partial charge in [0.05, 0.1) is 25.4 Å². The van der Waals surface area contributed by atoms with Gasteiger partial charge in [0, 0.05) is 0 Å². The van der Waals surface area contributed by atoms with Crippen LogP contribution in [0.25, 0.3) is 0 Å². The van der Waals surface area contributed by atoms with Crippen molar-refractivity contribution in [1.82, 2.24) is 5.32 Å². The van der Waals surface area contributed by atoms with Gasteiger partial charge in [-0.3, -0.25) is 4.79 Å². The lowest BCUT2D eigenvalue weighted by Gasteiger charge is -2.40. The first-order valence-electron chi connectivity index (χ1n) is 33.4. The van der Waals surface area contributed by atoms with Gasteiger partial charge >= 0.3 is 0 Å². The fourth-order valence-electron chi connectivity index (χ4n) is 10.8. The van der Waals surface area contributed by atoms with Gasteiger partial charge in [0.25, 0.3) is 0 Å². The SMILES string of the molecule is CCCCCCCCCCC/C=C\C/C=C\CCCCCCCCCCCCCCCCC(O)C(=O)NC(COC1OC(CO)C(O)C(O)C1O)C(O)C(O)CCC/C=C/CCCCCCCCCCCCCCCCCC. The number of aliphatic hydroxyl groups is 7. The highest BCUT2D eigenvalue weighted by molar-refractivity contribution is 5.80. The summed E-state index contributed by atoms with van der Waals surface area (Å²) in [5.41, 5.74) is 0. The molecule has 460 valence electrons. The normalized spacial score (nSPS) is 19.6. The van der Waals surface area contributed by atoms with E-state index >= 15 is 0 Å². The first-order valence-corrected chi connectivity index (χ1v) is 33.4. The molecule has 0 radical (unpaired) electrons. The van der Waals surface area contributed by atoms with E-state index in [-0.39, 0.29) is 12.8 Å². The molecule has 8 N–H and O–H groups in total. The standard InChI is InChI=1S/C67H127NO10/c1-3-5-7-9-11-13-15-17-19-21-23-25-26-27-28-29-30-31-32-33-35-37-39-41-43-45-47-49-51-53-55-60(71)66(76)68-58(57-77-67-65(75)64(74)63(73)61(56-69)78-67)62(72)59(70)54-52-50-48-46-44-42-40-38-36-34-24-22-20-18-16-14-12-10-8-6-4-2/h23,25,27-28,46,48,58-65,67,69-75H,3-22,24,26,29-45,47,49-57H2,1-2H3,(H,68,76)/b25-23-,28-27-,48-46+. The van der Waals surface area contributed by atoms with Gasteiger partial charge in [-0.1, -0.05) is 281 Å². The molecule has 1 fully saturated rings. The topological polar surface area (TPSA) is 189 Å². The third kappa shape index (κ3) is 43.1. The molecule has 78 heavy (non-hydrogen) atoms. The molecule has 0 spiro atoms. The average molecular weight is 1110 g/mol. The molecule has 1 aliphatic heterocycles. The molecule has 9 atom stereocenters. The molecule has 0 bridgehead atoms. The summed E-state index contributed by atoms with van der Waals surface area (Å²) in [4.78, 5) is 13.2. The molecule has 0 aromatic heterocycles. The van der Waals surface area contributed by atoms with Crippen LogP contribution >= 0.6 is 0 Å². The zero-order chi connectivity index (χ0) is 56.8. The highest BCUT2D eigenvalue weighted by Gasteiger charge is 2.44. The average Bonchev–Trinajstić information content (AvgIpc) is 3.46. The van der Waals surface area contributed by atoms with Crippen molar-refractivity contribution >= 4 is 5.91 Å². The van der Waals surface area contributed by atoms with Gasteiger partial charge in [-0.25, -0.2) is 0 Å². The van der Waals surface area contributed by atoms with Crippen LogP contribution in [0.2, 0.25) is 0 Å². The molecule has 9 unspecified atom stereocenters. The fourth-order valence-corrected chi connectivity index (χ4v) is 10.8. The maximum absolute atomic E-state index is 13.2. The van der Waals surface area contributed by atoms with Crippen LogP contribution < -0.4 is 5.32 Å². The minimum Gasteiger partial charge on any atom is -0.394 e. The molecule has 0 saturated carbocycles. The van der Waals surface area contributed by atoms with Gasteiger partial charge in [0.15, 0.2) is 6.29 Å². The highest BCUT2D eigenvalue weighted by atomic mass is 16.7. The Morgan fingerprint density at radius 3 is 1.18 bits per heavy atom. The summed E-state index contributed by atoms with van der Waals surface area (Å²) in [6.45, 7) is 3.48. The van der Waals surface area contributed by atoms with E-state index in [9.17, 15) is 40.5 Å². The Morgan fingerprint density at radius 2 is 0.795 bits per heavy atom. The Morgan fingerprint density at radius 1 is 0.449 bits per heavy atom. The summed E-state index contributed by atoms with van der Waals surface area (Å²) in [7, 11) is 0. The Balaban J connectivity index is 2.23. The second-order valence-electron chi connectivity index (χ2n) is 23.5. The minimum atomic E-state index is -1.67. The molecule has 11 heteroatoms. The zero-order valence-electron chi connectivity index (χ0n) is 50.7. The van der Waals surface area contributed by atoms with Crippen molar-refractivity contribution in [3.63, 3.8) is 0 Å². The molecule has 1 rings (SSSR count). The summed E-state index contributed by atoms with van der Waals surface area (Å²) in [5.74, 6) is -0.703. The van der Waals surface area contributed by atoms with Gasteiger partial charge < -0.3 is 50.5 Å². The monoisotopic (exact) mass is 1110 g/mol. The van der Waals surface area contributed by atoms with Gasteiger partial charge in [-0.15, -0.1) is 0 Å². The summed E-state index contributed by atoms with van der Waals surface area (Å²) in [6, 6.07) is -1.19. The molecule has 11 nitrogen and oxygen atoms in total. The van der Waals surface area contributed by atoms with Crippen molar-refractivity contribution in [2.75, 3.05) is 13.2 Å². The first kappa shape index (κ1) is 74.3. The van der Waals surface area contributed by atoms with E-state index in [0.717, 1.165) is 44.9 Å². The van der Waals surface area contributed by atoms with E-state index < -0.39 is 74.2 Å². The fraction of sp³-hybridized carbons (Fsp3) is 0.896. The predicted molar refractivity (Wildman–Crippen MR) is 325 cm³/mol. The van der Waals surface area contributed by atoms with Crippen LogP contribution in [0, 0.1) is 0 Å². The number of carbonyl (C=O) groups is 1. The van der Waals surface area contributed by atoms with Crippen LogP contribution in [-0.2, 0) is 14.3 Å². The highest BCUT2D eigenvalue weighted by Crippen LogP contribution is 2.24. The molecule has 0 aromatic rings. The Kier molecular flexibility index (Phi) is 53.2. The van der Waals surface area contributed by atoms with Crippen LogP contribution in [0.3, 0.4) is 0 Å². The van der Waals surface area contributed by atoms with Crippen molar-refractivity contribution in [1.29, 1.82) is 0 Å². The van der Waals surface area contributed by atoms with Gasteiger partial charge in [-0.2, -0.15) is 0 Å². The molecular formula is C67H127NO10. The largest absolute Gasteiger partial charge is 0.394 e. The summed E-state index contributed by atoms with van der Waals surface area (Å²) in [6.07, 6.45) is 59.3. The number of carbonyl (C=O) groups excluding carboxylic acids is 1. The molecule has 0 aliphatic carbocycles. The van der Waals surface area contributed by atoms with E-state index in [2.05, 4.69) is 55.6 Å². The maximum atomic E-state index is 13.2. The minimum absolute atomic E-state index is 0.254. The molecule has 1 saturated heterocycles. The number of hydrogen-bond acceptors (Lipinski definition) is 10. The van der Waals surface area contributed by atoms with Crippen LogP contribution in [-0.4, -0.2) is 110 Å². The summed E-state index contributed by atoms with van der Waals surface area (Å²) < 4.78 is 11.2. The lowest BCUT2D eigenvalue weighted by Crippen LogP contribution is -2.60. The quantitative estimate of drug-likeness (QED) is 0.0215. The summed E-state index contributed by atoms with van der Waals surface area (Å²) in [5, 5.41) is 76.4. The van der Waals surface area contributed by atoms with E-state index in [0.29, 0.717) is 12.8 Å². The third-order valence-electron chi connectivity index (χ3n) is 16.2. The summed E-state index contributed by atoms with van der Waals surface area (Å²) >= 11 is 0. The van der Waals surface area contributed by atoms with Crippen molar-refractivity contribution < 1.29 is 50.0 Å². The number of amides is 1. The van der Waals surface area contributed by atoms with Crippen LogP contribution in [0.4, 0.5) is 0 Å². The van der Waals surface area contributed by atoms with Gasteiger partial charge in [-0.05, 0) is 70.6 Å². The van der Waals surface area contributed by atoms with E-state index in [1.807, 2.05) is 0 Å². The number of allylic oxidation sites excluding steroid dienone is 6. The maximum Gasteiger partial charge on any atom is 0.249 e. The van der Waals surface area contributed by atoms with Crippen molar-refractivity contribution in [2.24, 2.45) is 0 Å². The molecular weight excluding hydrogens is 979 g/mol. The number of nitrogens with one attached hydrogen (secondary N) is 1. The Labute approximate surface area is 479 Å². The van der Waals surface area contributed by atoms with Crippen LogP contribution in [0.15, 0.2) is 36.5 Å². The second kappa shape index (κ2) is 55.8. The Bertz CT molecular complexity index is 1360. The second-order valence-corrected chi connectivity index (χ2v) is 23.5. The van der Waals surface area contributed by atoms with Gasteiger partial charge in [0.2, 0.25) is 5.91 Å². The molecule has 1 amide bonds. The van der Waals surface area contributed by atoms with Crippen LogP contribution in [0.5, 0.6) is 0 Å². The van der Waals surface area contributed by atoms with E-state index in [1.165, 1.54) is 231 Å². The number of ether oxygens (including phenoxy) is 2. The van der Waals surface area contributed by atoms with E-state index in [1.54, 1.807) is 0 Å². The predicted octanol–water partition coefficient (Wildman–Crippen LogP) is 15.4. The number of unbranched alkanes of at least 4 members (excludes halogenated alkanes) is 40. The van der Waals surface area contributed by atoms with Crippen LogP contribution in [0.1, 0.15) is 316 Å². The van der Waals surface area contributed by atoms with Crippen molar-refractivity contribution in [3.8, 4) is 0 Å². The molecule has 1 aliphatic rings. The lowest BCUT2D eigenvalue weighted by atomic mass is 9.98. The number of hydrogen-bond donors (Lipinski definition) is 8. The molecule has 1 heterocycles. The van der Waals surface area contributed by atoms with E-state index in [4.69, 9.17) is 9.47 Å².